The summed E-state index contributed by atoms with van der Waals surface area (Å²) in [5.74, 6) is 0.366. The number of nitrogens with zero attached hydrogens (tertiary/aromatic N) is 2. The molecule has 6 nitrogen and oxygen atoms in total. The lowest BCUT2D eigenvalue weighted by Gasteiger charge is -2.22. The lowest BCUT2D eigenvalue weighted by molar-refractivity contribution is 0.205. The number of allylic oxidation sites excluding steroid dienone is 1. The maximum atomic E-state index is 12.2. The van der Waals surface area contributed by atoms with Crippen molar-refractivity contribution in [2.75, 3.05) is 32.4 Å². The average Bonchev–Trinajstić information content (AvgIpc) is 3.13. The summed E-state index contributed by atoms with van der Waals surface area (Å²) in [6, 6.07) is 3.25. The van der Waals surface area contributed by atoms with E-state index in [1.807, 2.05) is 24.9 Å². The molecule has 0 aliphatic carbocycles. The van der Waals surface area contributed by atoms with Gasteiger partial charge in [0.2, 0.25) is 0 Å². The normalized spacial score (nSPS) is 12.9. The summed E-state index contributed by atoms with van der Waals surface area (Å²) in [7, 11) is -1.51. The van der Waals surface area contributed by atoms with E-state index in [2.05, 4.69) is 16.9 Å². The Bertz CT molecular complexity index is 649. The molecule has 1 aromatic rings. The summed E-state index contributed by atoms with van der Waals surface area (Å²) in [6.45, 7) is 7.31. The minimum Gasteiger partial charge on any atom is -0.390 e. The summed E-state index contributed by atoms with van der Waals surface area (Å²) >= 11 is 1.16. The van der Waals surface area contributed by atoms with E-state index in [0.717, 1.165) is 43.6 Å². The van der Waals surface area contributed by atoms with Gasteiger partial charge in [-0.15, -0.1) is 41.9 Å². The van der Waals surface area contributed by atoms with Crippen LogP contribution in [0.2, 0.25) is 0 Å². The van der Waals surface area contributed by atoms with Crippen LogP contribution in [0.15, 0.2) is 39.4 Å². The molecule has 0 spiro atoms. The largest absolute Gasteiger partial charge is 0.390 e. The Hall–Kier alpha value is -0.650. The smallest absolute Gasteiger partial charge is 0.193 e. The molecule has 156 valence electrons. The summed E-state index contributed by atoms with van der Waals surface area (Å²) < 4.78 is 24.7. The molecule has 0 amide bonds. The highest BCUT2D eigenvalue weighted by Gasteiger charge is 2.20. The maximum absolute atomic E-state index is 12.2. The molecule has 1 heterocycles. The first kappa shape index (κ1) is 26.4. The lowest BCUT2D eigenvalue weighted by atomic mass is 10.2. The maximum Gasteiger partial charge on any atom is 0.193 e. The molecule has 0 saturated carbocycles. The summed E-state index contributed by atoms with van der Waals surface area (Å²) in [4.78, 5) is 6.41. The number of unbranched alkanes of at least 4 members (excludes halogenated alkanes) is 3. The Morgan fingerprint density at radius 3 is 2.78 bits per heavy atom. The third-order valence-corrected chi connectivity index (χ3v) is 7.05. The fraction of sp³-hybridized carbons (Fsp3) is 0.611. The molecule has 1 rings (SSSR count). The molecule has 1 aromatic heterocycles. The van der Waals surface area contributed by atoms with Crippen molar-refractivity contribution in [2.24, 2.45) is 4.99 Å². The van der Waals surface area contributed by atoms with Gasteiger partial charge < -0.3 is 15.3 Å². The first-order valence-electron chi connectivity index (χ1n) is 8.95. The van der Waals surface area contributed by atoms with E-state index in [0.29, 0.717) is 12.5 Å². The number of hydrogen-bond donors (Lipinski definition) is 2. The number of nitrogens with one attached hydrogen (secondary N) is 1. The second-order valence-corrected chi connectivity index (χ2v) is 9.33. The molecule has 1 unspecified atom stereocenters. The SMILES string of the molecule is C=CCCCCCN(C)C(=NCC(O)CS(=O)(=O)c1cccs1)NCC.I. The molecule has 1 atom stereocenters. The molecule has 0 radical (unpaired) electrons. The van der Waals surface area contributed by atoms with Gasteiger partial charge in [-0.1, -0.05) is 18.6 Å². The molecule has 2 N–H and O–H groups in total. The Morgan fingerprint density at radius 1 is 1.44 bits per heavy atom. The Balaban J connectivity index is 0.00000676. The number of guanidine groups is 1. The number of rotatable bonds is 12. The standard InChI is InChI=1S/C18H31N3O3S2.HI/c1-4-6-7-8-9-12-21(3)18(19-5-2)20-14-16(22)15-26(23,24)17-11-10-13-25-17;/h4,10-11,13,16,22H,1,5-9,12,14-15H2,2-3H3,(H,19,20);1H. The quantitative estimate of drug-likeness (QED) is 0.143. The van der Waals surface area contributed by atoms with Crippen molar-refractivity contribution in [3.05, 3.63) is 30.2 Å². The number of aliphatic hydroxyl groups excluding tert-OH is 1. The van der Waals surface area contributed by atoms with Crippen LogP contribution < -0.4 is 5.32 Å². The summed E-state index contributed by atoms with van der Waals surface area (Å²) in [5, 5.41) is 15.0. The average molecular weight is 530 g/mol. The van der Waals surface area contributed by atoms with E-state index in [4.69, 9.17) is 0 Å². The van der Waals surface area contributed by atoms with Crippen molar-refractivity contribution in [3.63, 3.8) is 0 Å². The van der Waals surface area contributed by atoms with E-state index in [1.165, 1.54) is 0 Å². The van der Waals surface area contributed by atoms with Gasteiger partial charge >= 0.3 is 0 Å². The molecule has 0 aliphatic rings. The predicted molar refractivity (Wildman–Crippen MR) is 125 cm³/mol. The second-order valence-electron chi connectivity index (χ2n) is 6.12. The molecular formula is C18H32IN3O3S2. The van der Waals surface area contributed by atoms with Crippen LogP contribution in [-0.4, -0.2) is 62.9 Å². The van der Waals surface area contributed by atoms with Crippen LogP contribution in [-0.2, 0) is 9.84 Å². The summed E-state index contributed by atoms with van der Waals surface area (Å²) in [5.41, 5.74) is 0. The predicted octanol–water partition coefficient (Wildman–Crippen LogP) is 3.14. The molecule has 0 aromatic carbocycles. The fourth-order valence-electron chi connectivity index (χ4n) is 2.41. The number of thiophene rings is 1. The van der Waals surface area contributed by atoms with Crippen LogP contribution in [0.3, 0.4) is 0 Å². The molecule has 0 aliphatic heterocycles. The first-order valence-corrected chi connectivity index (χ1v) is 11.5. The van der Waals surface area contributed by atoms with Crippen molar-refractivity contribution in [1.82, 2.24) is 10.2 Å². The summed E-state index contributed by atoms with van der Waals surface area (Å²) in [6.07, 6.45) is 5.23. The number of aliphatic hydroxyl groups is 1. The minimum absolute atomic E-state index is 0. The van der Waals surface area contributed by atoms with Gasteiger partial charge in [-0.05, 0) is 37.6 Å². The van der Waals surface area contributed by atoms with Crippen LogP contribution in [0.5, 0.6) is 0 Å². The Morgan fingerprint density at radius 2 is 2.19 bits per heavy atom. The third kappa shape index (κ3) is 10.5. The van der Waals surface area contributed by atoms with Crippen molar-refractivity contribution in [3.8, 4) is 0 Å². The van der Waals surface area contributed by atoms with Gasteiger partial charge in [0.1, 0.15) is 4.21 Å². The van der Waals surface area contributed by atoms with Gasteiger partial charge in [0.15, 0.2) is 15.8 Å². The number of aliphatic imine (C=N–C) groups is 1. The molecular weight excluding hydrogens is 497 g/mol. The first-order chi connectivity index (χ1) is 12.4. The monoisotopic (exact) mass is 529 g/mol. The van der Waals surface area contributed by atoms with Crippen LogP contribution in [0.25, 0.3) is 0 Å². The van der Waals surface area contributed by atoms with Gasteiger partial charge in [0.25, 0.3) is 0 Å². The highest BCUT2D eigenvalue weighted by molar-refractivity contribution is 14.0. The lowest BCUT2D eigenvalue weighted by Crippen LogP contribution is -2.40. The molecule has 0 fully saturated rings. The van der Waals surface area contributed by atoms with E-state index >= 15 is 0 Å². The van der Waals surface area contributed by atoms with E-state index in [9.17, 15) is 13.5 Å². The van der Waals surface area contributed by atoms with Gasteiger partial charge in [-0.2, -0.15) is 0 Å². The fourth-order valence-corrected chi connectivity index (χ4v) is 4.88. The Kier molecular flexibility index (Phi) is 14.0. The van der Waals surface area contributed by atoms with E-state index < -0.39 is 15.9 Å². The van der Waals surface area contributed by atoms with Crippen molar-refractivity contribution < 1.29 is 13.5 Å². The van der Waals surface area contributed by atoms with Crippen molar-refractivity contribution in [2.45, 2.75) is 42.9 Å². The van der Waals surface area contributed by atoms with Crippen LogP contribution >= 0.6 is 35.3 Å². The van der Waals surface area contributed by atoms with E-state index in [1.54, 1.807) is 17.5 Å². The third-order valence-electron chi connectivity index (χ3n) is 3.76. The topological polar surface area (TPSA) is 82.0 Å². The molecule has 0 bridgehead atoms. The minimum atomic E-state index is -3.46. The zero-order chi connectivity index (χ0) is 19.4. The van der Waals surface area contributed by atoms with Crippen molar-refractivity contribution in [1.29, 1.82) is 0 Å². The van der Waals surface area contributed by atoms with Crippen LogP contribution in [0.1, 0.15) is 32.6 Å². The van der Waals surface area contributed by atoms with Gasteiger partial charge in [0, 0.05) is 20.1 Å². The van der Waals surface area contributed by atoms with E-state index in [-0.39, 0.29) is 40.5 Å². The highest BCUT2D eigenvalue weighted by Crippen LogP contribution is 2.18. The van der Waals surface area contributed by atoms with Gasteiger partial charge in [-0.25, -0.2) is 8.42 Å². The number of sulfone groups is 1. The Labute approximate surface area is 184 Å². The zero-order valence-electron chi connectivity index (χ0n) is 16.1. The van der Waals surface area contributed by atoms with Gasteiger partial charge in [-0.3, -0.25) is 4.99 Å². The van der Waals surface area contributed by atoms with Gasteiger partial charge in [0.05, 0.1) is 18.4 Å². The van der Waals surface area contributed by atoms with Crippen molar-refractivity contribution >= 4 is 51.1 Å². The second kappa shape index (κ2) is 14.4. The van der Waals surface area contributed by atoms with Crippen LogP contribution in [0.4, 0.5) is 0 Å². The molecule has 0 saturated heterocycles. The number of halogens is 1. The zero-order valence-corrected chi connectivity index (χ0v) is 20.1. The van der Waals surface area contributed by atoms with Crippen LogP contribution in [0, 0.1) is 0 Å². The molecule has 27 heavy (non-hydrogen) atoms. The number of hydrogen-bond acceptors (Lipinski definition) is 5. The highest BCUT2D eigenvalue weighted by atomic mass is 127. The molecule has 9 heteroatoms.